The summed E-state index contributed by atoms with van der Waals surface area (Å²) in [5.74, 6) is -0.609. The molecule has 2 aromatic carbocycles. The molecule has 30 heavy (non-hydrogen) atoms. The topological polar surface area (TPSA) is 94.1 Å². The van der Waals surface area contributed by atoms with Gasteiger partial charge in [-0.1, -0.05) is 34.1 Å². The lowest BCUT2D eigenvalue weighted by atomic mass is 10.0. The Bertz CT molecular complexity index is 868. The van der Waals surface area contributed by atoms with Crippen molar-refractivity contribution < 1.29 is 28.9 Å². The van der Waals surface area contributed by atoms with Gasteiger partial charge in [-0.2, -0.15) is 12.6 Å². The van der Waals surface area contributed by atoms with Gasteiger partial charge in [0.05, 0.1) is 16.8 Å². The molecule has 162 valence electrons. The number of phenols is 1. The van der Waals surface area contributed by atoms with Crippen LogP contribution in [0.1, 0.15) is 18.1 Å². The van der Waals surface area contributed by atoms with Crippen molar-refractivity contribution in [3.05, 3.63) is 57.0 Å². The number of carbonyl (C=O) groups excluding carboxylic acids is 2. The van der Waals surface area contributed by atoms with Gasteiger partial charge in [-0.25, -0.2) is 4.79 Å². The van der Waals surface area contributed by atoms with Crippen LogP contribution in [0.2, 0.25) is 0 Å². The number of aromatic hydroxyl groups is 1. The summed E-state index contributed by atoms with van der Waals surface area (Å²) in [5.41, 5.74) is 0.879. The minimum Gasteiger partial charge on any atom is -0.506 e. The average Bonchev–Trinajstić information content (AvgIpc) is 2.73. The van der Waals surface area contributed by atoms with Gasteiger partial charge < -0.3 is 19.3 Å². The molecule has 0 saturated heterocycles. The Kier molecular flexibility index (Phi) is 9.96. The number of hydrogen-bond acceptors (Lipinski definition) is 7. The van der Waals surface area contributed by atoms with Crippen LogP contribution >= 0.6 is 44.5 Å². The molecule has 2 rings (SSSR count). The Morgan fingerprint density at radius 1 is 1.20 bits per heavy atom. The molecule has 0 saturated carbocycles. The van der Waals surface area contributed by atoms with Crippen LogP contribution < -0.4 is 5.32 Å². The Balaban J connectivity index is 2.27. The van der Waals surface area contributed by atoms with E-state index in [4.69, 9.17) is 14.2 Å². The van der Waals surface area contributed by atoms with Crippen LogP contribution in [0.15, 0.2) is 51.4 Å². The lowest BCUT2D eigenvalue weighted by molar-refractivity contribution is -0.141. The Morgan fingerprint density at radius 3 is 2.53 bits per heavy atom. The summed E-state index contributed by atoms with van der Waals surface area (Å²) in [5, 5.41) is 13.2. The van der Waals surface area contributed by atoms with E-state index in [2.05, 4.69) is 49.8 Å². The molecule has 0 spiro atoms. The molecule has 0 unspecified atom stereocenters. The van der Waals surface area contributed by atoms with E-state index in [9.17, 15) is 14.7 Å². The Labute approximate surface area is 196 Å². The van der Waals surface area contributed by atoms with E-state index in [1.165, 1.54) is 7.11 Å². The van der Waals surface area contributed by atoms with Crippen LogP contribution in [-0.2, 0) is 19.0 Å². The lowest BCUT2D eigenvalue weighted by Gasteiger charge is -2.27. The standard InChI is InChI=1S/C20H21Br2NO6S/c1-27-16(7-8-28-17(24)11-30)19(14-9-12(21)10-15(22)18(14)25)29-20(26)23-13-5-3-2-4-6-13/h2-6,9-10,16,19,25,30H,7-8,11H2,1H3,(H,23,26)/t16-,19-/m0/s1. The monoisotopic (exact) mass is 561 g/mol. The molecule has 0 heterocycles. The third-order valence-corrected chi connectivity index (χ3v) is 5.37. The van der Waals surface area contributed by atoms with Crippen molar-refractivity contribution in [2.24, 2.45) is 0 Å². The lowest BCUT2D eigenvalue weighted by Crippen LogP contribution is -2.29. The number of carbonyl (C=O) groups is 2. The van der Waals surface area contributed by atoms with E-state index in [1.54, 1.807) is 36.4 Å². The van der Waals surface area contributed by atoms with Gasteiger partial charge in [0.15, 0.2) is 6.10 Å². The number of rotatable bonds is 9. The summed E-state index contributed by atoms with van der Waals surface area (Å²) in [6.45, 7) is 0.0357. The first-order valence-corrected chi connectivity index (χ1v) is 11.1. The summed E-state index contributed by atoms with van der Waals surface area (Å²) in [4.78, 5) is 23.9. The summed E-state index contributed by atoms with van der Waals surface area (Å²) < 4.78 is 17.3. The van der Waals surface area contributed by atoms with Crippen molar-refractivity contribution in [1.82, 2.24) is 0 Å². The molecule has 0 fully saturated rings. The van der Waals surface area contributed by atoms with Gasteiger partial charge in [-0.05, 0) is 40.2 Å². The summed E-state index contributed by atoms with van der Waals surface area (Å²) in [7, 11) is 1.45. The number of phenolic OH excluding ortho intramolecular Hbond substituents is 1. The Hall–Kier alpha value is -1.75. The number of thiol groups is 1. The fraction of sp³-hybridized carbons (Fsp3) is 0.300. The number of para-hydroxylation sites is 1. The zero-order valence-corrected chi connectivity index (χ0v) is 20.1. The van der Waals surface area contributed by atoms with Gasteiger partial charge in [0.1, 0.15) is 11.9 Å². The molecule has 0 aliphatic heterocycles. The van der Waals surface area contributed by atoms with Crippen molar-refractivity contribution in [2.75, 3.05) is 24.8 Å². The zero-order valence-electron chi connectivity index (χ0n) is 16.0. The molecular formula is C20H21Br2NO6S. The highest BCUT2D eigenvalue weighted by Gasteiger charge is 2.31. The zero-order chi connectivity index (χ0) is 22.1. The molecule has 7 nitrogen and oxygen atoms in total. The molecule has 1 amide bonds. The van der Waals surface area contributed by atoms with Crippen LogP contribution in [0.5, 0.6) is 5.75 Å². The number of ether oxygens (including phenoxy) is 3. The van der Waals surface area contributed by atoms with E-state index in [0.29, 0.717) is 20.2 Å². The SMILES string of the molecule is CO[C@@H](CCOC(=O)CS)[C@@H](OC(=O)Nc1ccccc1)c1cc(Br)cc(Br)c1O. The summed E-state index contributed by atoms with van der Waals surface area (Å²) in [6.07, 6.45) is -2.19. The van der Waals surface area contributed by atoms with Gasteiger partial charge in [0, 0.05) is 29.3 Å². The second-order valence-electron chi connectivity index (χ2n) is 6.08. The van der Waals surface area contributed by atoms with Crippen molar-refractivity contribution in [1.29, 1.82) is 0 Å². The van der Waals surface area contributed by atoms with E-state index in [0.717, 1.165) is 0 Å². The van der Waals surface area contributed by atoms with E-state index in [1.807, 2.05) is 6.07 Å². The van der Waals surface area contributed by atoms with Crippen molar-refractivity contribution in [3.63, 3.8) is 0 Å². The number of esters is 1. The van der Waals surface area contributed by atoms with Crippen LogP contribution in [-0.4, -0.2) is 42.7 Å². The van der Waals surface area contributed by atoms with Crippen LogP contribution in [0.3, 0.4) is 0 Å². The molecule has 2 N–H and O–H groups in total. The molecule has 2 atom stereocenters. The molecule has 0 radical (unpaired) electrons. The molecular weight excluding hydrogens is 542 g/mol. The second-order valence-corrected chi connectivity index (χ2v) is 8.17. The van der Waals surface area contributed by atoms with Gasteiger partial charge >= 0.3 is 12.1 Å². The third-order valence-electron chi connectivity index (χ3n) is 4.05. The molecule has 10 heteroatoms. The van der Waals surface area contributed by atoms with Crippen LogP contribution in [0.4, 0.5) is 10.5 Å². The number of halogens is 2. The fourth-order valence-corrected chi connectivity index (χ4v) is 4.00. The minimum absolute atomic E-state index is 0.0357. The first-order chi connectivity index (χ1) is 14.3. The number of methoxy groups -OCH3 is 1. The molecule has 0 aromatic heterocycles. The predicted molar refractivity (Wildman–Crippen MR) is 123 cm³/mol. The van der Waals surface area contributed by atoms with Gasteiger partial charge in [0.2, 0.25) is 0 Å². The fourth-order valence-electron chi connectivity index (χ4n) is 2.65. The maximum atomic E-state index is 12.5. The number of amides is 1. The molecule has 0 aliphatic rings. The predicted octanol–water partition coefficient (Wildman–Crippen LogP) is 5.09. The molecule has 0 bridgehead atoms. The largest absolute Gasteiger partial charge is 0.506 e. The van der Waals surface area contributed by atoms with Crippen molar-refractivity contribution in [3.8, 4) is 5.75 Å². The number of nitrogens with one attached hydrogen (secondary N) is 1. The first kappa shape index (κ1) is 24.5. The highest BCUT2D eigenvalue weighted by atomic mass is 79.9. The normalized spacial score (nSPS) is 12.7. The average molecular weight is 563 g/mol. The minimum atomic E-state index is -0.984. The second kappa shape index (κ2) is 12.2. The third kappa shape index (κ3) is 7.19. The van der Waals surface area contributed by atoms with Crippen LogP contribution in [0.25, 0.3) is 0 Å². The number of benzene rings is 2. The molecule has 0 aliphatic carbocycles. The maximum Gasteiger partial charge on any atom is 0.412 e. The number of hydrogen-bond donors (Lipinski definition) is 3. The van der Waals surface area contributed by atoms with Gasteiger partial charge in [-0.3, -0.25) is 10.1 Å². The van der Waals surface area contributed by atoms with E-state index < -0.39 is 24.3 Å². The highest BCUT2D eigenvalue weighted by Crippen LogP contribution is 2.39. The van der Waals surface area contributed by atoms with Crippen LogP contribution in [0, 0.1) is 0 Å². The van der Waals surface area contributed by atoms with E-state index >= 15 is 0 Å². The Morgan fingerprint density at radius 2 is 1.90 bits per heavy atom. The molecule has 2 aromatic rings. The highest BCUT2D eigenvalue weighted by molar-refractivity contribution is 9.11. The smallest absolute Gasteiger partial charge is 0.412 e. The summed E-state index contributed by atoms with van der Waals surface area (Å²) in [6, 6.07) is 12.1. The van der Waals surface area contributed by atoms with E-state index in [-0.39, 0.29) is 24.5 Å². The van der Waals surface area contributed by atoms with Gasteiger partial charge in [0.25, 0.3) is 0 Å². The van der Waals surface area contributed by atoms with Crippen molar-refractivity contribution in [2.45, 2.75) is 18.6 Å². The maximum absolute atomic E-state index is 12.5. The summed E-state index contributed by atoms with van der Waals surface area (Å²) >= 11 is 10.5. The van der Waals surface area contributed by atoms with Gasteiger partial charge in [-0.15, -0.1) is 0 Å². The quantitative estimate of drug-likeness (QED) is 0.291. The first-order valence-electron chi connectivity index (χ1n) is 8.85. The number of anilines is 1. The van der Waals surface area contributed by atoms with Crippen molar-refractivity contribution >= 4 is 62.2 Å².